The van der Waals surface area contributed by atoms with Crippen molar-refractivity contribution < 1.29 is 14.3 Å². The first-order valence-corrected chi connectivity index (χ1v) is 14.8. The molecule has 9 heteroatoms. The van der Waals surface area contributed by atoms with Crippen molar-refractivity contribution >= 4 is 34.7 Å². The lowest BCUT2D eigenvalue weighted by Crippen LogP contribution is -2.41. The summed E-state index contributed by atoms with van der Waals surface area (Å²) in [4.78, 5) is 37.1. The zero-order valence-electron chi connectivity index (χ0n) is 25.2. The number of carbonyl (C=O) groups excluding carboxylic acids is 2. The number of fused-ring (bicyclic) bond motifs is 1. The Morgan fingerprint density at radius 2 is 1.68 bits per heavy atom. The number of rotatable bonds is 7. The van der Waals surface area contributed by atoms with Crippen LogP contribution in [0.5, 0.6) is 0 Å². The number of nitrogens with zero attached hydrogens (tertiary/aromatic N) is 4. The molecule has 0 aliphatic carbocycles. The molecule has 224 valence electrons. The van der Waals surface area contributed by atoms with Crippen molar-refractivity contribution in [3.05, 3.63) is 108 Å². The zero-order valence-corrected chi connectivity index (χ0v) is 25.2. The van der Waals surface area contributed by atoms with Crippen LogP contribution >= 0.6 is 0 Å². The van der Waals surface area contributed by atoms with Gasteiger partial charge in [-0.3, -0.25) is 9.59 Å². The number of morpholine rings is 1. The van der Waals surface area contributed by atoms with Gasteiger partial charge in [0, 0.05) is 54.2 Å². The van der Waals surface area contributed by atoms with Gasteiger partial charge in [0.05, 0.1) is 25.3 Å². The van der Waals surface area contributed by atoms with E-state index in [0.29, 0.717) is 61.1 Å². The molecule has 5 aromatic rings. The van der Waals surface area contributed by atoms with E-state index in [4.69, 9.17) is 9.72 Å². The van der Waals surface area contributed by atoms with E-state index in [1.54, 1.807) is 6.20 Å². The van der Waals surface area contributed by atoms with Gasteiger partial charge < -0.3 is 24.7 Å². The Labute approximate surface area is 256 Å². The van der Waals surface area contributed by atoms with E-state index in [1.807, 2.05) is 94.5 Å². The highest BCUT2D eigenvalue weighted by atomic mass is 16.5. The Bertz CT molecular complexity index is 1800. The number of aromatic nitrogens is 3. The van der Waals surface area contributed by atoms with Crippen LogP contribution in [0, 0.1) is 0 Å². The molecular formula is C35H36N6O3. The minimum absolute atomic E-state index is 0.0191. The van der Waals surface area contributed by atoms with E-state index < -0.39 is 0 Å². The maximum Gasteiger partial charge on any atom is 0.255 e. The first-order valence-electron chi connectivity index (χ1n) is 14.8. The molecule has 0 saturated carbocycles. The number of nitrogens with one attached hydrogen (secondary N) is 2. The summed E-state index contributed by atoms with van der Waals surface area (Å²) < 4.78 is 7.29. The fraction of sp³-hybridized carbons (Fsp3) is 0.257. The predicted octanol–water partition coefficient (Wildman–Crippen LogP) is 6.09. The molecule has 0 spiro atoms. The fourth-order valence-corrected chi connectivity index (χ4v) is 5.23. The predicted molar refractivity (Wildman–Crippen MR) is 172 cm³/mol. The van der Waals surface area contributed by atoms with Crippen LogP contribution < -0.4 is 10.6 Å². The first-order chi connectivity index (χ1) is 21.2. The molecule has 0 unspecified atom stereocenters. The molecule has 1 fully saturated rings. The van der Waals surface area contributed by atoms with E-state index in [1.165, 1.54) is 5.56 Å². The summed E-state index contributed by atoms with van der Waals surface area (Å²) >= 11 is 0. The minimum atomic E-state index is -0.171. The number of hydrogen-bond acceptors (Lipinski definition) is 6. The smallest absolute Gasteiger partial charge is 0.255 e. The monoisotopic (exact) mass is 588 g/mol. The molecule has 6 rings (SSSR count). The summed E-state index contributed by atoms with van der Waals surface area (Å²) in [7, 11) is 0. The molecule has 2 aromatic heterocycles. The second kappa shape index (κ2) is 12.3. The quantitative estimate of drug-likeness (QED) is 0.239. The van der Waals surface area contributed by atoms with Crippen molar-refractivity contribution in [2.45, 2.75) is 32.6 Å². The number of benzene rings is 3. The summed E-state index contributed by atoms with van der Waals surface area (Å²) in [5.41, 5.74) is 6.42. The second-order valence-electron chi connectivity index (χ2n) is 12.0. The molecule has 44 heavy (non-hydrogen) atoms. The minimum Gasteiger partial charge on any atom is -0.378 e. The zero-order chi connectivity index (χ0) is 30.7. The Morgan fingerprint density at radius 1 is 0.932 bits per heavy atom. The number of carbonyl (C=O) groups is 2. The average Bonchev–Trinajstić information content (AvgIpc) is 3.51. The third-order valence-corrected chi connectivity index (χ3v) is 7.71. The second-order valence-corrected chi connectivity index (χ2v) is 12.0. The number of imidazole rings is 1. The SMILES string of the molecule is CC(C)(C)c1ccc(C(=O)Nc2cccc(-c3cn4ccnc4c(Nc4cccc(CC(=O)N5CCOCC5)c4)n3)c2)cc1. The van der Waals surface area contributed by atoms with Gasteiger partial charge in [0.15, 0.2) is 11.5 Å². The van der Waals surface area contributed by atoms with Crippen LogP contribution in [0.4, 0.5) is 17.2 Å². The van der Waals surface area contributed by atoms with Gasteiger partial charge in [-0.05, 0) is 52.9 Å². The van der Waals surface area contributed by atoms with Gasteiger partial charge in [-0.15, -0.1) is 0 Å². The van der Waals surface area contributed by atoms with Crippen molar-refractivity contribution in [2.24, 2.45) is 0 Å². The Balaban J connectivity index is 1.21. The third kappa shape index (κ3) is 6.63. The van der Waals surface area contributed by atoms with Crippen LogP contribution in [0.2, 0.25) is 0 Å². The van der Waals surface area contributed by atoms with Crippen molar-refractivity contribution in [1.82, 2.24) is 19.3 Å². The van der Waals surface area contributed by atoms with Crippen molar-refractivity contribution in [3.8, 4) is 11.3 Å². The molecule has 2 amide bonds. The Kier molecular flexibility index (Phi) is 8.13. The average molecular weight is 589 g/mol. The van der Waals surface area contributed by atoms with Crippen LogP contribution in [-0.4, -0.2) is 57.4 Å². The maximum absolute atomic E-state index is 13.0. The molecule has 3 aromatic carbocycles. The fourth-order valence-electron chi connectivity index (χ4n) is 5.23. The van der Waals surface area contributed by atoms with Crippen LogP contribution in [0.25, 0.3) is 16.9 Å². The first kappa shape index (κ1) is 29.1. The lowest BCUT2D eigenvalue weighted by atomic mass is 9.87. The largest absolute Gasteiger partial charge is 0.378 e. The molecule has 2 N–H and O–H groups in total. The topological polar surface area (TPSA) is 101 Å². The molecule has 3 heterocycles. The summed E-state index contributed by atoms with van der Waals surface area (Å²) in [6, 6.07) is 23.2. The molecule has 0 bridgehead atoms. The van der Waals surface area contributed by atoms with Crippen LogP contribution in [0.3, 0.4) is 0 Å². The van der Waals surface area contributed by atoms with Crippen LogP contribution in [0.15, 0.2) is 91.4 Å². The van der Waals surface area contributed by atoms with E-state index in [9.17, 15) is 9.59 Å². The van der Waals surface area contributed by atoms with Crippen molar-refractivity contribution in [2.75, 3.05) is 36.9 Å². The normalized spacial score (nSPS) is 13.6. The Morgan fingerprint density at radius 3 is 2.45 bits per heavy atom. The highest BCUT2D eigenvalue weighted by Crippen LogP contribution is 2.27. The molecule has 0 radical (unpaired) electrons. The van der Waals surface area contributed by atoms with Crippen LogP contribution in [-0.2, 0) is 21.4 Å². The van der Waals surface area contributed by atoms with E-state index in [-0.39, 0.29) is 17.2 Å². The van der Waals surface area contributed by atoms with Gasteiger partial charge in [-0.25, -0.2) is 9.97 Å². The maximum atomic E-state index is 13.0. The Hall–Kier alpha value is -5.02. The summed E-state index contributed by atoms with van der Waals surface area (Å²) in [6.45, 7) is 8.86. The van der Waals surface area contributed by atoms with E-state index in [2.05, 4.69) is 36.4 Å². The highest BCUT2D eigenvalue weighted by Gasteiger charge is 2.18. The molecular weight excluding hydrogens is 552 g/mol. The van der Waals surface area contributed by atoms with Gasteiger partial charge in [-0.1, -0.05) is 57.2 Å². The van der Waals surface area contributed by atoms with Gasteiger partial charge in [0.1, 0.15) is 0 Å². The number of hydrogen-bond donors (Lipinski definition) is 2. The third-order valence-electron chi connectivity index (χ3n) is 7.71. The summed E-state index contributed by atoms with van der Waals surface area (Å²) in [5, 5.41) is 6.43. The van der Waals surface area contributed by atoms with E-state index >= 15 is 0 Å². The molecule has 1 aliphatic rings. The lowest BCUT2D eigenvalue weighted by Gasteiger charge is -2.27. The standard InChI is InChI=1S/C35H36N6O3/c1-35(2,3)27-12-10-25(11-13-27)34(43)38-29-9-5-7-26(22-29)30-23-41-15-14-36-33(41)32(39-30)37-28-8-4-6-24(20-28)21-31(42)40-16-18-44-19-17-40/h4-15,20,22-23H,16-19,21H2,1-3H3,(H,37,39)(H,38,43). The molecule has 1 saturated heterocycles. The lowest BCUT2D eigenvalue weighted by molar-refractivity contribution is -0.134. The summed E-state index contributed by atoms with van der Waals surface area (Å²) in [6.07, 6.45) is 5.83. The molecule has 0 atom stereocenters. The summed E-state index contributed by atoms with van der Waals surface area (Å²) in [5.74, 6) is 0.502. The van der Waals surface area contributed by atoms with Crippen molar-refractivity contribution in [3.63, 3.8) is 0 Å². The highest BCUT2D eigenvalue weighted by molar-refractivity contribution is 6.04. The number of anilines is 3. The number of amides is 2. The van der Waals surface area contributed by atoms with Gasteiger partial charge in [-0.2, -0.15) is 0 Å². The molecule has 9 nitrogen and oxygen atoms in total. The van der Waals surface area contributed by atoms with Crippen LogP contribution in [0.1, 0.15) is 42.3 Å². The van der Waals surface area contributed by atoms with Crippen molar-refractivity contribution in [1.29, 1.82) is 0 Å². The van der Waals surface area contributed by atoms with Gasteiger partial charge >= 0.3 is 0 Å². The van der Waals surface area contributed by atoms with E-state index in [0.717, 1.165) is 16.8 Å². The van der Waals surface area contributed by atoms with Gasteiger partial charge in [0.25, 0.3) is 5.91 Å². The van der Waals surface area contributed by atoms with Gasteiger partial charge in [0.2, 0.25) is 5.91 Å². The molecule has 1 aliphatic heterocycles. The number of ether oxygens (including phenoxy) is 1.